The van der Waals surface area contributed by atoms with E-state index in [1.165, 1.54) is 19.1 Å². The number of nitrogens with zero attached hydrogens (tertiary/aromatic N) is 2. The minimum atomic E-state index is -4.86. The molecule has 0 fully saturated rings. The third-order valence-electron chi connectivity index (χ3n) is 5.13. The highest BCUT2D eigenvalue weighted by molar-refractivity contribution is 7.92. The van der Waals surface area contributed by atoms with Crippen LogP contribution in [0.15, 0.2) is 36.4 Å². The van der Waals surface area contributed by atoms with Gasteiger partial charge in [-0.25, -0.2) is 8.42 Å². The lowest BCUT2D eigenvalue weighted by molar-refractivity contribution is -0.139. The number of benzene rings is 2. The van der Waals surface area contributed by atoms with E-state index in [2.05, 4.69) is 5.32 Å². The molecule has 0 aliphatic carbocycles. The average Bonchev–Trinajstić information content (AvgIpc) is 2.76. The molecule has 1 N–H and O–H groups in total. The van der Waals surface area contributed by atoms with Gasteiger partial charge in [0.05, 0.1) is 22.5 Å². The summed E-state index contributed by atoms with van der Waals surface area (Å²) in [6, 6.07) is 6.02. The van der Waals surface area contributed by atoms with Crippen LogP contribution in [0.5, 0.6) is 0 Å². The number of nitrogens with one attached hydrogen (secondary N) is 1. The molecule has 2 aromatic rings. The fourth-order valence-corrected chi connectivity index (χ4v) is 4.84. The minimum Gasteiger partial charge on any atom is -0.355 e. The molecular weight excluding hydrogens is 566 g/mol. The first-order chi connectivity index (χ1) is 16.6. The first-order valence-electron chi connectivity index (χ1n) is 10.4. The van der Waals surface area contributed by atoms with E-state index < -0.39 is 56.9 Å². The highest BCUT2D eigenvalue weighted by Crippen LogP contribution is 2.37. The summed E-state index contributed by atoms with van der Waals surface area (Å²) in [6.07, 6.45) is -4.12. The van der Waals surface area contributed by atoms with E-state index in [1.807, 2.05) is 0 Å². The summed E-state index contributed by atoms with van der Waals surface area (Å²) in [5, 5.41) is 2.35. The molecule has 0 unspecified atom stereocenters. The van der Waals surface area contributed by atoms with Gasteiger partial charge in [0.25, 0.3) is 0 Å². The first kappa shape index (κ1) is 30.0. The topological polar surface area (TPSA) is 86.8 Å². The maximum Gasteiger partial charge on any atom is 0.417 e. The SMILES string of the molecule is CCNC(=O)[C@H](C)N(Cc1c(Cl)cccc1Cl)C(=O)CN(c1ccc(Cl)c(C(F)(F)F)c1)S(C)(=O)=O. The molecule has 0 heterocycles. The van der Waals surface area contributed by atoms with Crippen LogP contribution in [-0.4, -0.2) is 50.5 Å². The van der Waals surface area contributed by atoms with Gasteiger partial charge in [0.2, 0.25) is 21.8 Å². The average molecular weight is 589 g/mol. The fourth-order valence-electron chi connectivity index (χ4n) is 3.26. The summed E-state index contributed by atoms with van der Waals surface area (Å²) < 4.78 is 65.7. The van der Waals surface area contributed by atoms with Gasteiger partial charge < -0.3 is 10.2 Å². The van der Waals surface area contributed by atoms with Crippen LogP contribution in [0.25, 0.3) is 0 Å². The molecule has 14 heteroatoms. The number of likely N-dealkylation sites (N-methyl/N-ethyl adjacent to an activating group) is 1. The van der Waals surface area contributed by atoms with Crippen LogP contribution in [0.4, 0.5) is 18.9 Å². The van der Waals surface area contributed by atoms with Crippen molar-refractivity contribution in [3.8, 4) is 0 Å². The maximum absolute atomic E-state index is 13.4. The molecule has 0 aliphatic heterocycles. The molecule has 0 aliphatic rings. The Kier molecular flexibility index (Phi) is 9.91. The number of hydrogen-bond acceptors (Lipinski definition) is 4. The summed E-state index contributed by atoms with van der Waals surface area (Å²) in [5.74, 6) is -1.41. The Balaban J connectivity index is 2.53. The van der Waals surface area contributed by atoms with Gasteiger partial charge in [-0.15, -0.1) is 0 Å². The van der Waals surface area contributed by atoms with E-state index in [0.717, 1.165) is 23.3 Å². The van der Waals surface area contributed by atoms with Crippen molar-refractivity contribution < 1.29 is 31.2 Å². The van der Waals surface area contributed by atoms with Crippen LogP contribution in [0.3, 0.4) is 0 Å². The molecule has 0 saturated heterocycles. The number of hydrogen-bond donors (Lipinski definition) is 1. The predicted octanol–water partition coefficient (Wildman–Crippen LogP) is 4.99. The molecule has 2 rings (SSSR count). The third kappa shape index (κ3) is 7.41. The highest BCUT2D eigenvalue weighted by Gasteiger charge is 2.35. The monoisotopic (exact) mass is 587 g/mol. The minimum absolute atomic E-state index is 0.205. The molecule has 36 heavy (non-hydrogen) atoms. The molecule has 198 valence electrons. The number of halogens is 6. The second kappa shape index (κ2) is 11.9. The lowest BCUT2D eigenvalue weighted by atomic mass is 10.1. The second-order valence-corrected chi connectivity index (χ2v) is 10.9. The lowest BCUT2D eigenvalue weighted by Gasteiger charge is -2.32. The molecule has 0 radical (unpaired) electrons. The van der Waals surface area contributed by atoms with Crippen LogP contribution < -0.4 is 9.62 Å². The van der Waals surface area contributed by atoms with Crippen LogP contribution in [0, 0.1) is 0 Å². The van der Waals surface area contributed by atoms with E-state index in [0.29, 0.717) is 15.9 Å². The quantitative estimate of drug-likeness (QED) is 0.448. The van der Waals surface area contributed by atoms with Crippen molar-refractivity contribution in [1.82, 2.24) is 10.2 Å². The number of carbonyl (C=O) groups is 2. The van der Waals surface area contributed by atoms with Crippen molar-refractivity contribution in [3.63, 3.8) is 0 Å². The molecule has 7 nitrogen and oxygen atoms in total. The normalized spacial score (nSPS) is 12.7. The Morgan fingerprint density at radius 2 is 1.64 bits per heavy atom. The first-order valence-corrected chi connectivity index (χ1v) is 13.4. The fraction of sp³-hybridized carbons (Fsp3) is 0.364. The number of amides is 2. The van der Waals surface area contributed by atoms with Gasteiger partial charge in [0.15, 0.2) is 0 Å². The number of rotatable bonds is 9. The Morgan fingerprint density at radius 3 is 2.14 bits per heavy atom. The summed E-state index contributed by atoms with van der Waals surface area (Å²) in [7, 11) is -4.24. The molecular formula is C22H23Cl3F3N3O4S. The van der Waals surface area contributed by atoms with Gasteiger partial charge in [-0.3, -0.25) is 13.9 Å². The van der Waals surface area contributed by atoms with Crippen LogP contribution in [0.1, 0.15) is 25.0 Å². The maximum atomic E-state index is 13.4. The number of alkyl halides is 3. The van der Waals surface area contributed by atoms with Gasteiger partial charge in [-0.1, -0.05) is 40.9 Å². The van der Waals surface area contributed by atoms with Gasteiger partial charge in [0, 0.05) is 28.7 Å². The molecule has 2 aromatic carbocycles. The molecule has 0 bridgehead atoms. The second-order valence-electron chi connectivity index (χ2n) is 7.72. The van der Waals surface area contributed by atoms with Gasteiger partial charge in [0.1, 0.15) is 12.6 Å². The zero-order chi connectivity index (χ0) is 27.4. The molecule has 0 aromatic heterocycles. The number of sulfonamides is 1. The Hall–Kier alpha value is -2.21. The van der Waals surface area contributed by atoms with Crippen LogP contribution >= 0.6 is 34.8 Å². The van der Waals surface area contributed by atoms with E-state index in [-0.39, 0.29) is 23.1 Å². The smallest absolute Gasteiger partial charge is 0.355 e. The number of anilines is 1. The van der Waals surface area contributed by atoms with Crippen molar-refractivity contribution in [2.75, 3.05) is 23.7 Å². The Bertz CT molecular complexity index is 1220. The Morgan fingerprint density at radius 1 is 1.06 bits per heavy atom. The van der Waals surface area contributed by atoms with Gasteiger partial charge in [-0.05, 0) is 44.2 Å². The third-order valence-corrected chi connectivity index (χ3v) is 7.31. The predicted molar refractivity (Wildman–Crippen MR) is 134 cm³/mol. The number of carbonyl (C=O) groups excluding carboxylic acids is 2. The summed E-state index contributed by atoms with van der Waals surface area (Å²) in [5.41, 5.74) is -1.38. The van der Waals surface area contributed by atoms with Crippen molar-refractivity contribution >= 4 is 62.3 Å². The Labute approximate surface area is 222 Å². The molecule has 2 amide bonds. The van der Waals surface area contributed by atoms with Crippen LogP contribution in [0.2, 0.25) is 15.1 Å². The summed E-state index contributed by atoms with van der Waals surface area (Å²) >= 11 is 18.1. The van der Waals surface area contributed by atoms with E-state index in [4.69, 9.17) is 34.8 Å². The van der Waals surface area contributed by atoms with Crippen LogP contribution in [-0.2, 0) is 32.3 Å². The zero-order valence-electron chi connectivity index (χ0n) is 19.4. The van der Waals surface area contributed by atoms with Crippen molar-refractivity contribution in [2.24, 2.45) is 0 Å². The van der Waals surface area contributed by atoms with E-state index in [9.17, 15) is 31.2 Å². The van der Waals surface area contributed by atoms with Crippen molar-refractivity contribution in [3.05, 3.63) is 62.6 Å². The van der Waals surface area contributed by atoms with Gasteiger partial charge >= 0.3 is 6.18 Å². The van der Waals surface area contributed by atoms with E-state index in [1.54, 1.807) is 13.0 Å². The highest BCUT2D eigenvalue weighted by atomic mass is 35.5. The van der Waals surface area contributed by atoms with Crippen molar-refractivity contribution in [1.29, 1.82) is 0 Å². The van der Waals surface area contributed by atoms with E-state index >= 15 is 0 Å². The summed E-state index contributed by atoms with van der Waals surface area (Å²) in [6.45, 7) is 2.19. The zero-order valence-corrected chi connectivity index (χ0v) is 22.5. The standard InChI is InChI=1S/C22H23Cl3F3N3O4S/c1-4-29-21(33)13(2)30(11-15-17(23)6-5-7-18(15)24)20(32)12-31(36(3,34)35)14-8-9-19(25)16(10-14)22(26,27)28/h5-10,13H,4,11-12H2,1-3H3,(H,29,33)/t13-/m0/s1. The molecule has 1 atom stereocenters. The largest absolute Gasteiger partial charge is 0.417 e. The molecule has 0 saturated carbocycles. The summed E-state index contributed by atoms with van der Waals surface area (Å²) in [4.78, 5) is 27.0. The van der Waals surface area contributed by atoms with Crippen molar-refractivity contribution in [2.45, 2.75) is 32.6 Å². The lowest BCUT2D eigenvalue weighted by Crippen LogP contribution is -2.51. The molecule has 0 spiro atoms. The van der Waals surface area contributed by atoms with Gasteiger partial charge in [-0.2, -0.15) is 13.2 Å².